The lowest BCUT2D eigenvalue weighted by Gasteiger charge is -2.46. The van der Waals surface area contributed by atoms with E-state index in [9.17, 15) is 9.59 Å². The van der Waals surface area contributed by atoms with Gasteiger partial charge in [0.1, 0.15) is 0 Å². The molecule has 1 aliphatic carbocycles. The summed E-state index contributed by atoms with van der Waals surface area (Å²) in [5.74, 6) is 0.0758. The molecule has 1 heterocycles. The summed E-state index contributed by atoms with van der Waals surface area (Å²) in [4.78, 5) is 25.0. The van der Waals surface area contributed by atoms with Gasteiger partial charge in [-0.2, -0.15) is 0 Å². The third-order valence-corrected chi connectivity index (χ3v) is 3.52. The first-order chi connectivity index (χ1) is 6.54. The highest BCUT2D eigenvalue weighted by atomic mass is 16.2. The van der Waals surface area contributed by atoms with Crippen molar-refractivity contribution in [1.82, 2.24) is 4.90 Å². The maximum atomic E-state index is 11.8. The van der Waals surface area contributed by atoms with Gasteiger partial charge in [-0.25, -0.2) is 0 Å². The Bertz CT molecular complexity index is 259. The molecule has 2 rings (SSSR count). The van der Waals surface area contributed by atoms with Crippen LogP contribution in [0.1, 0.15) is 46.0 Å². The molecule has 2 amide bonds. The van der Waals surface area contributed by atoms with Crippen LogP contribution in [0.3, 0.4) is 0 Å². The lowest BCUT2D eigenvalue weighted by atomic mass is 9.63. The lowest BCUT2D eigenvalue weighted by Crippen LogP contribution is -2.52. The van der Waals surface area contributed by atoms with E-state index in [0.717, 1.165) is 12.8 Å². The summed E-state index contributed by atoms with van der Waals surface area (Å²) in [6, 6.07) is 0.0208. The summed E-state index contributed by atoms with van der Waals surface area (Å²) < 4.78 is 0. The molecule has 0 unspecified atom stereocenters. The molecule has 1 saturated heterocycles. The third kappa shape index (κ3) is 1.35. The number of carbonyl (C=O) groups is 2. The number of amides is 2. The van der Waals surface area contributed by atoms with E-state index in [2.05, 4.69) is 0 Å². The van der Waals surface area contributed by atoms with Gasteiger partial charge in [-0.3, -0.25) is 14.5 Å². The van der Waals surface area contributed by atoms with E-state index in [-0.39, 0.29) is 23.3 Å². The summed E-state index contributed by atoms with van der Waals surface area (Å²) in [6.07, 6.45) is 4.50. The first-order valence-corrected chi connectivity index (χ1v) is 5.39. The van der Waals surface area contributed by atoms with E-state index < -0.39 is 0 Å². The first kappa shape index (κ1) is 9.69. The van der Waals surface area contributed by atoms with Crippen LogP contribution in [0.2, 0.25) is 0 Å². The highest BCUT2D eigenvalue weighted by Gasteiger charge is 2.47. The number of hydrogen-bond donors (Lipinski definition) is 0. The molecule has 3 heteroatoms. The lowest BCUT2D eigenvalue weighted by molar-refractivity contribution is -0.158. The number of hydrogen-bond acceptors (Lipinski definition) is 2. The van der Waals surface area contributed by atoms with Gasteiger partial charge in [-0.1, -0.05) is 6.42 Å². The van der Waals surface area contributed by atoms with Crippen LogP contribution in [0.15, 0.2) is 0 Å². The van der Waals surface area contributed by atoms with Gasteiger partial charge in [0.15, 0.2) is 0 Å². The molecule has 14 heavy (non-hydrogen) atoms. The van der Waals surface area contributed by atoms with Crippen molar-refractivity contribution in [1.29, 1.82) is 0 Å². The Balaban J connectivity index is 2.14. The van der Waals surface area contributed by atoms with Crippen LogP contribution in [-0.2, 0) is 9.59 Å². The Morgan fingerprint density at radius 3 is 1.93 bits per heavy atom. The van der Waals surface area contributed by atoms with Gasteiger partial charge in [0, 0.05) is 18.9 Å². The molecule has 2 fully saturated rings. The molecule has 0 radical (unpaired) electrons. The predicted octanol–water partition coefficient (Wildman–Crippen LogP) is 1.71. The summed E-state index contributed by atoms with van der Waals surface area (Å²) in [5, 5.41) is 0. The van der Waals surface area contributed by atoms with Gasteiger partial charge in [0.25, 0.3) is 0 Å². The van der Waals surface area contributed by atoms with E-state index in [4.69, 9.17) is 0 Å². The summed E-state index contributed by atoms with van der Waals surface area (Å²) >= 11 is 0. The highest BCUT2D eigenvalue weighted by molar-refractivity contribution is 5.99. The van der Waals surface area contributed by atoms with Gasteiger partial charge in [-0.05, 0) is 32.1 Å². The van der Waals surface area contributed by atoms with Gasteiger partial charge >= 0.3 is 0 Å². The van der Waals surface area contributed by atoms with Crippen molar-refractivity contribution in [2.75, 3.05) is 0 Å². The highest BCUT2D eigenvalue weighted by Crippen LogP contribution is 2.49. The smallest absolute Gasteiger partial charge is 0.229 e. The average Bonchev–Trinajstić information content (AvgIpc) is 1.99. The minimum atomic E-state index is 0.0208. The van der Waals surface area contributed by atoms with Crippen molar-refractivity contribution in [2.24, 2.45) is 5.41 Å². The van der Waals surface area contributed by atoms with Crippen molar-refractivity contribution in [3.8, 4) is 0 Å². The molecular weight excluding hydrogens is 178 g/mol. The molecule has 2 aliphatic rings. The normalized spacial score (nSPS) is 25.8. The molecule has 3 nitrogen and oxygen atoms in total. The molecule has 0 atom stereocenters. The number of carbonyl (C=O) groups excluding carboxylic acids is 2. The summed E-state index contributed by atoms with van der Waals surface area (Å²) in [7, 11) is 0. The second kappa shape index (κ2) is 3.07. The monoisotopic (exact) mass is 195 g/mol. The fourth-order valence-electron chi connectivity index (χ4n) is 2.62. The topological polar surface area (TPSA) is 37.4 Å². The standard InChI is InChI=1S/C11H17NO2/c1-8(2)12-9(13)6-11(4-3-5-11)7-10(12)14/h8H,3-7H2,1-2H3. The molecule has 1 saturated carbocycles. The van der Waals surface area contributed by atoms with Crippen molar-refractivity contribution in [2.45, 2.75) is 52.0 Å². The predicted molar refractivity (Wildman–Crippen MR) is 52.5 cm³/mol. The van der Waals surface area contributed by atoms with E-state index >= 15 is 0 Å². The number of nitrogens with zero attached hydrogens (tertiary/aromatic N) is 1. The fourth-order valence-corrected chi connectivity index (χ4v) is 2.62. The Hall–Kier alpha value is -0.860. The number of rotatable bonds is 1. The molecule has 1 aliphatic heterocycles. The minimum Gasteiger partial charge on any atom is -0.280 e. The van der Waals surface area contributed by atoms with Gasteiger partial charge in [0.2, 0.25) is 11.8 Å². The fraction of sp³-hybridized carbons (Fsp3) is 0.818. The van der Waals surface area contributed by atoms with Gasteiger partial charge in [-0.15, -0.1) is 0 Å². The van der Waals surface area contributed by atoms with E-state index in [1.165, 1.54) is 11.3 Å². The molecule has 0 aromatic carbocycles. The van der Waals surface area contributed by atoms with E-state index in [1.807, 2.05) is 13.8 Å². The summed E-state index contributed by atoms with van der Waals surface area (Å²) in [5.41, 5.74) is 0.0690. The second-order valence-corrected chi connectivity index (χ2v) is 4.96. The first-order valence-electron chi connectivity index (χ1n) is 5.39. The van der Waals surface area contributed by atoms with Crippen LogP contribution in [0.4, 0.5) is 0 Å². The molecule has 0 bridgehead atoms. The van der Waals surface area contributed by atoms with Crippen LogP contribution >= 0.6 is 0 Å². The Kier molecular flexibility index (Phi) is 2.13. The Morgan fingerprint density at radius 2 is 1.64 bits per heavy atom. The molecule has 78 valence electrons. The third-order valence-electron chi connectivity index (χ3n) is 3.52. The number of piperidine rings is 1. The number of likely N-dealkylation sites (tertiary alicyclic amines) is 1. The van der Waals surface area contributed by atoms with Crippen molar-refractivity contribution < 1.29 is 9.59 Å². The van der Waals surface area contributed by atoms with E-state index in [1.54, 1.807) is 0 Å². The maximum absolute atomic E-state index is 11.8. The molecule has 1 spiro atoms. The second-order valence-electron chi connectivity index (χ2n) is 4.96. The summed E-state index contributed by atoms with van der Waals surface area (Å²) in [6.45, 7) is 3.79. The molecular formula is C11H17NO2. The minimum absolute atomic E-state index is 0.0208. The van der Waals surface area contributed by atoms with Crippen LogP contribution in [0.5, 0.6) is 0 Å². The van der Waals surface area contributed by atoms with Gasteiger partial charge < -0.3 is 0 Å². The van der Waals surface area contributed by atoms with Crippen LogP contribution < -0.4 is 0 Å². The quantitative estimate of drug-likeness (QED) is 0.597. The van der Waals surface area contributed by atoms with Crippen LogP contribution in [0, 0.1) is 5.41 Å². The average molecular weight is 195 g/mol. The van der Waals surface area contributed by atoms with Crippen LogP contribution in [-0.4, -0.2) is 22.8 Å². The molecule has 0 N–H and O–H groups in total. The largest absolute Gasteiger partial charge is 0.280 e. The van der Waals surface area contributed by atoms with Crippen molar-refractivity contribution in [3.05, 3.63) is 0 Å². The molecule has 0 aromatic rings. The van der Waals surface area contributed by atoms with Crippen molar-refractivity contribution in [3.63, 3.8) is 0 Å². The molecule has 0 aromatic heterocycles. The maximum Gasteiger partial charge on any atom is 0.229 e. The number of imide groups is 1. The zero-order valence-corrected chi connectivity index (χ0v) is 8.88. The van der Waals surface area contributed by atoms with Crippen molar-refractivity contribution >= 4 is 11.8 Å². The zero-order valence-electron chi connectivity index (χ0n) is 8.88. The SMILES string of the molecule is CC(C)N1C(=O)CC2(CCC2)CC1=O. The van der Waals surface area contributed by atoms with Gasteiger partial charge in [0.05, 0.1) is 0 Å². The Morgan fingerprint density at radius 1 is 1.14 bits per heavy atom. The van der Waals surface area contributed by atoms with Crippen LogP contribution in [0.25, 0.3) is 0 Å². The zero-order chi connectivity index (χ0) is 10.3. The Labute approximate surface area is 84.5 Å². The van der Waals surface area contributed by atoms with E-state index in [0.29, 0.717) is 12.8 Å².